The van der Waals surface area contributed by atoms with Gasteiger partial charge in [0, 0.05) is 43.8 Å². The minimum absolute atomic E-state index is 0.0992. The molecule has 2 unspecified atom stereocenters. The lowest BCUT2D eigenvalue weighted by Crippen LogP contribution is -2.15. The van der Waals surface area contributed by atoms with Crippen molar-refractivity contribution in [3.8, 4) is 45.0 Å². The zero-order valence-corrected chi connectivity index (χ0v) is 36.9. The lowest BCUT2D eigenvalue weighted by atomic mass is 9.83. The summed E-state index contributed by atoms with van der Waals surface area (Å²) < 4.78 is 19.5. The molecule has 0 bridgehead atoms. The van der Waals surface area contributed by atoms with Crippen molar-refractivity contribution in [1.29, 1.82) is 0 Å². The minimum atomic E-state index is -0.161. The molecule has 0 spiro atoms. The summed E-state index contributed by atoms with van der Waals surface area (Å²) in [4.78, 5) is 15.9. The van der Waals surface area contributed by atoms with Gasteiger partial charge >= 0.3 is 0 Å². The number of aromatic nitrogens is 3. The van der Waals surface area contributed by atoms with E-state index in [0.29, 0.717) is 17.5 Å². The van der Waals surface area contributed by atoms with Gasteiger partial charge in [-0.05, 0) is 92.5 Å². The number of fused-ring (bicyclic) bond motifs is 10. The number of benzene rings is 9. The van der Waals surface area contributed by atoms with Crippen LogP contribution in [-0.4, -0.2) is 15.0 Å². The Kier molecular flexibility index (Phi) is 8.52. The molecule has 0 N–H and O–H groups in total. The van der Waals surface area contributed by atoms with Crippen molar-refractivity contribution in [2.75, 3.05) is 0 Å². The van der Waals surface area contributed by atoms with E-state index in [1.54, 1.807) is 0 Å². The predicted molar refractivity (Wildman–Crippen MR) is 276 cm³/mol. The highest BCUT2D eigenvalue weighted by Crippen LogP contribution is 2.44. The smallest absolute Gasteiger partial charge is 0.167 e. The van der Waals surface area contributed by atoms with Crippen molar-refractivity contribution < 1.29 is 13.3 Å². The van der Waals surface area contributed by atoms with Crippen molar-refractivity contribution >= 4 is 82.2 Å². The van der Waals surface area contributed by atoms with Crippen LogP contribution in [0, 0.1) is 5.92 Å². The highest BCUT2D eigenvalue weighted by molar-refractivity contribution is 6.15. The number of nitrogens with zero attached hydrogens (tertiary/aromatic N) is 3. The molecule has 14 rings (SSSR count). The van der Waals surface area contributed by atoms with Crippen LogP contribution in [0.25, 0.3) is 127 Å². The topological polar surface area (TPSA) is 78.1 Å². The molecule has 0 amide bonds. The fourth-order valence-corrected chi connectivity index (χ4v) is 10.5. The Balaban J connectivity index is 0.897. The van der Waals surface area contributed by atoms with Crippen LogP contribution in [-0.2, 0) is 0 Å². The van der Waals surface area contributed by atoms with Crippen LogP contribution in [0.15, 0.2) is 220 Å². The Morgan fingerprint density at radius 3 is 1.82 bits per heavy atom. The number of furan rings is 3. The summed E-state index contributed by atoms with van der Waals surface area (Å²) in [5.41, 5.74) is 13.4. The third-order valence-corrected chi connectivity index (χ3v) is 13.9. The Labute approximate surface area is 390 Å². The van der Waals surface area contributed by atoms with Crippen molar-refractivity contribution in [3.63, 3.8) is 0 Å². The van der Waals surface area contributed by atoms with Gasteiger partial charge in [-0.15, -0.1) is 0 Å². The van der Waals surface area contributed by atoms with Crippen LogP contribution in [0.3, 0.4) is 0 Å². The standard InChI is InChI=1S/C62H39N3O3/c1-36-26-27-40(44-18-10-25-55-58(44)49-33-32-41(35-56(49)67-55)45-19-11-24-54-57(45)48-16-5-7-23-53(48)66-54)34-51(36)62-64-60(39-30-28-38(29-31-39)43-17-8-13-37-12-2-3-14-42(37)43)63-61(65-62)50-21-9-20-47-46-15-4-6-22-52(46)68-59(47)50/h2-36,51H,1H3. The van der Waals surface area contributed by atoms with Gasteiger partial charge in [0.15, 0.2) is 11.6 Å². The highest BCUT2D eigenvalue weighted by Gasteiger charge is 2.27. The molecule has 0 saturated carbocycles. The quantitative estimate of drug-likeness (QED) is 0.166. The third-order valence-electron chi connectivity index (χ3n) is 13.9. The van der Waals surface area contributed by atoms with E-state index in [-0.39, 0.29) is 11.8 Å². The van der Waals surface area contributed by atoms with Crippen LogP contribution >= 0.6 is 0 Å². The first kappa shape index (κ1) is 38.4. The maximum atomic E-state index is 6.69. The lowest BCUT2D eigenvalue weighted by Gasteiger charge is -2.23. The molecule has 1 aliphatic rings. The average molecular weight is 874 g/mol. The molecule has 0 radical (unpaired) electrons. The summed E-state index contributed by atoms with van der Waals surface area (Å²) in [6.07, 6.45) is 6.83. The highest BCUT2D eigenvalue weighted by atomic mass is 16.3. The van der Waals surface area contributed by atoms with Crippen molar-refractivity contribution in [2.45, 2.75) is 12.8 Å². The molecule has 13 aromatic rings. The van der Waals surface area contributed by atoms with Gasteiger partial charge in [0.25, 0.3) is 0 Å². The molecule has 4 heterocycles. The minimum Gasteiger partial charge on any atom is -0.456 e. The molecule has 4 aromatic heterocycles. The van der Waals surface area contributed by atoms with E-state index in [0.717, 1.165) is 105 Å². The van der Waals surface area contributed by atoms with E-state index in [9.17, 15) is 0 Å². The normalized spacial score (nSPS) is 15.2. The van der Waals surface area contributed by atoms with Crippen LogP contribution in [0.5, 0.6) is 0 Å². The number of allylic oxidation sites excluding steroid dienone is 4. The van der Waals surface area contributed by atoms with Gasteiger partial charge in [-0.2, -0.15) is 0 Å². The molecule has 0 fully saturated rings. The van der Waals surface area contributed by atoms with E-state index in [1.165, 1.54) is 16.3 Å². The van der Waals surface area contributed by atoms with E-state index in [1.807, 2.05) is 36.4 Å². The SMILES string of the molecule is CC1C=CC(c2cccc3oc4cc(-c5cccc6oc7ccccc7c56)ccc4c23)=CC1c1nc(-c2ccc(-c3cccc4ccccc34)cc2)nc(-c2cccc3c2oc2ccccc23)n1. The molecule has 68 heavy (non-hydrogen) atoms. The van der Waals surface area contributed by atoms with Crippen LogP contribution < -0.4 is 0 Å². The second-order valence-electron chi connectivity index (χ2n) is 17.9. The second kappa shape index (κ2) is 15.1. The summed E-state index contributed by atoms with van der Waals surface area (Å²) >= 11 is 0. The number of hydrogen-bond donors (Lipinski definition) is 0. The summed E-state index contributed by atoms with van der Waals surface area (Å²) in [7, 11) is 0. The Bertz CT molecular complexity index is 4240. The zero-order valence-electron chi connectivity index (χ0n) is 36.9. The van der Waals surface area contributed by atoms with Gasteiger partial charge in [-0.25, -0.2) is 15.0 Å². The van der Waals surface area contributed by atoms with Gasteiger partial charge in [0.05, 0.1) is 5.56 Å². The van der Waals surface area contributed by atoms with E-state index < -0.39 is 0 Å². The fourth-order valence-electron chi connectivity index (χ4n) is 10.5. The average Bonchev–Trinajstić information content (AvgIpc) is 4.10. The summed E-state index contributed by atoms with van der Waals surface area (Å²) in [5.74, 6) is 1.81. The first-order valence-corrected chi connectivity index (χ1v) is 23.1. The second-order valence-corrected chi connectivity index (χ2v) is 17.9. The first-order chi connectivity index (χ1) is 33.6. The van der Waals surface area contributed by atoms with Gasteiger partial charge in [-0.3, -0.25) is 0 Å². The number of para-hydroxylation sites is 3. The molecule has 0 aliphatic heterocycles. The molecular weight excluding hydrogens is 835 g/mol. The summed E-state index contributed by atoms with van der Waals surface area (Å²) in [6.45, 7) is 2.23. The first-order valence-electron chi connectivity index (χ1n) is 23.1. The Morgan fingerprint density at radius 2 is 0.971 bits per heavy atom. The molecule has 0 saturated heterocycles. The van der Waals surface area contributed by atoms with Gasteiger partial charge in [0.2, 0.25) is 0 Å². The lowest BCUT2D eigenvalue weighted by molar-refractivity contribution is 0.602. The Hall–Kier alpha value is -8.87. The van der Waals surface area contributed by atoms with Crippen molar-refractivity contribution in [2.24, 2.45) is 5.92 Å². The van der Waals surface area contributed by atoms with Crippen molar-refractivity contribution in [1.82, 2.24) is 15.0 Å². The molecule has 320 valence electrons. The maximum Gasteiger partial charge on any atom is 0.167 e. The van der Waals surface area contributed by atoms with E-state index in [2.05, 4.69) is 177 Å². The van der Waals surface area contributed by atoms with Crippen molar-refractivity contribution in [3.05, 3.63) is 218 Å². The Morgan fingerprint density at radius 1 is 0.397 bits per heavy atom. The molecule has 6 heteroatoms. The van der Waals surface area contributed by atoms with E-state index in [4.69, 9.17) is 28.2 Å². The predicted octanol–water partition coefficient (Wildman–Crippen LogP) is 16.8. The summed E-state index contributed by atoms with van der Waals surface area (Å²) in [6, 6.07) is 65.3. The zero-order chi connectivity index (χ0) is 44.9. The number of hydrogen-bond acceptors (Lipinski definition) is 6. The molecule has 9 aromatic carbocycles. The van der Waals surface area contributed by atoms with Gasteiger partial charge in [-0.1, -0.05) is 171 Å². The van der Waals surface area contributed by atoms with Gasteiger partial charge < -0.3 is 13.3 Å². The van der Waals surface area contributed by atoms with E-state index >= 15 is 0 Å². The largest absolute Gasteiger partial charge is 0.456 e. The fraction of sp³-hybridized carbons (Fsp3) is 0.0484. The maximum absolute atomic E-state index is 6.69. The van der Waals surface area contributed by atoms with Crippen LogP contribution in [0.4, 0.5) is 0 Å². The molecule has 1 aliphatic carbocycles. The number of rotatable bonds is 6. The summed E-state index contributed by atoms with van der Waals surface area (Å²) in [5, 5.41) is 8.85. The molecule has 6 nitrogen and oxygen atoms in total. The van der Waals surface area contributed by atoms with Crippen LogP contribution in [0.2, 0.25) is 0 Å². The third kappa shape index (κ3) is 6.07. The monoisotopic (exact) mass is 873 g/mol. The van der Waals surface area contributed by atoms with Gasteiger partial charge in [0.1, 0.15) is 39.3 Å². The van der Waals surface area contributed by atoms with Crippen LogP contribution in [0.1, 0.15) is 24.2 Å². The molecule has 2 atom stereocenters. The molecular formula is C62H39N3O3.